The van der Waals surface area contributed by atoms with Crippen LogP contribution in [0.3, 0.4) is 0 Å². The highest BCUT2D eigenvalue weighted by Gasteiger charge is 2.11. The van der Waals surface area contributed by atoms with Gasteiger partial charge in [-0.05, 0) is 48.9 Å². The number of aryl methyl sites for hydroxylation is 1. The van der Waals surface area contributed by atoms with Gasteiger partial charge >= 0.3 is 0 Å². The first-order valence-electron chi connectivity index (χ1n) is 5.92. The summed E-state index contributed by atoms with van der Waals surface area (Å²) in [5, 5.41) is 2.75. The first-order chi connectivity index (χ1) is 9.51. The summed E-state index contributed by atoms with van der Waals surface area (Å²) in [7, 11) is 1.38. The van der Waals surface area contributed by atoms with Gasteiger partial charge in [-0.15, -0.1) is 0 Å². The van der Waals surface area contributed by atoms with Crippen LogP contribution < -0.4 is 10.1 Å². The first-order valence-corrected chi connectivity index (χ1v) is 6.71. The highest BCUT2D eigenvalue weighted by atomic mass is 79.9. The standard InChI is InChI=1S/C15H13BrFNO2/c1-9-7-11(16)4-5-13(9)18-15(19)10-3-6-14(20-2)12(17)8-10/h3-8H,1-2H3,(H,18,19). The van der Waals surface area contributed by atoms with Gasteiger partial charge in [0.2, 0.25) is 0 Å². The zero-order chi connectivity index (χ0) is 14.7. The van der Waals surface area contributed by atoms with Crippen molar-refractivity contribution < 1.29 is 13.9 Å². The molecular weight excluding hydrogens is 325 g/mol. The van der Waals surface area contributed by atoms with Crippen molar-refractivity contribution in [1.29, 1.82) is 0 Å². The largest absolute Gasteiger partial charge is 0.494 e. The monoisotopic (exact) mass is 337 g/mol. The SMILES string of the molecule is COc1ccc(C(=O)Nc2ccc(Br)cc2C)cc1F. The van der Waals surface area contributed by atoms with Gasteiger partial charge in [-0.2, -0.15) is 0 Å². The van der Waals surface area contributed by atoms with E-state index < -0.39 is 5.82 Å². The molecule has 0 heterocycles. The number of benzene rings is 2. The van der Waals surface area contributed by atoms with Gasteiger partial charge in [-0.25, -0.2) is 4.39 Å². The lowest BCUT2D eigenvalue weighted by molar-refractivity contribution is 0.102. The van der Waals surface area contributed by atoms with E-state index in [-0.39, 0.29) is 17.2 Å². The van der Waals surface area contributed by atoms with Crippen LogP contribution in [0.15, 0.2) is 40.9 Å². The fourth-order valence-corrected chi connectivity index (χ4v) is 2.24. The molecule has 5 heteroatoms. The Kier molecular flexibility index (Phi) is 4.39. The minimum atomic E-state index is -0.562. The van der Waals surface area contributed by atoms with Crippen LogP contribution in [0.1, 0.15) is 15.9 Å². The second-order valence-electron chi connectivity index (χ2n) is 4.26. The summed E-state index contributed by atoms with van der Waals surface area (Å²) in [4.78, 5) is 12.1. The van der Waals surface area contributed by atoms with Crippen molar-refractivity contribution in [3.05, 3.63) is 57.8 Å². The van der Waals surface area contributed by atoms with Crippen molar-refractivity contribution in [2.24, 2.45) is 0 Å². The zero-order valence-corrected chi connectivity index (χ0v) is 12.6. The van der Waals surface area contributed by atoms with Crippen molar-refractivity contribution >= 4 is 27.5 Å². The van der Waals surface area contributed by atoms with E-state index in [9.17, 15) is 9.18 Å². The van der Waals surface area contributed by atoms with E-state index in [1.54, 1.807) is 6.07 Å². The number of hydrogen-bond acceptors (Lipinski definition) is 2. The number of nitrogens with one attached hydrogen (secondary N) is 1. The fraction of sp³-hybridized carbons (Fsp3) is 0.133. The summed E-state index contributed by atoms with van der Waals surface area (Å²) < 4.78 is 19.3. The minimum Gasteiger partial charge on any atom is -0.494 e. The average Bonchev–Trinajstić information content (AvgIpc) is 2.41. The quantitative estimate of drug-likeness (QED) is 0.913. The number of methoxy groups -OCH3 is 1. The summed E-state index contributed by atoms with van der Waals surface area (Å²) in [5.41, 5.74) is 1.85. The van der Waals surface area contributed by atoms with Crippen molar-refractivity contribution in [2.75, 3.05) is 12.4 Å². The Bertz CT molecular complexity index is 658. The van der Waals surface area contributed by atoms with Gasteiger partial charge in [0.05, 0.1) is 7.11 Å². The Morgan fingerprint density at radius 1 is 1.25 bits per heavy atom. The minimum absolute atomic E-state index is 0.112. The van der Waals surface area contributed by atoms with E-state index in [1.165, 1.54) is 19.2 Å². The van der Waals surface area contributed by atoms with Gasteiger partial charge in [0.15, 0.2) is 11.6 Å². The van der Waals surface area contributed by atoms with E-state index in [1.807, 2.05) is 19.1 Å². The van der Waals surface area contributed by atoms with Crippen LogP contribution in [0.25, 0.3) is 0 Å². The molecule has 0 saturated heterocycles. The third-order valence-corrected chi connectivity index (χ3v) is 3.34. The molecule has 2 aromatic carbocycles. The molecule has 20 heavy (non-hydrogen) atoms. The molecule has 0 fully saturated rings. The lowest BCUT2D eigenvalue weighted by Crippen LogP contribution is -2.13. The molecular formula is C15H13BrFNO2. The average molecular weight is 338 g/mol. The van der Waals surface area contributed by atoms with Crippen LogP contribution in [0, 0.1) is 12.7 Å². The van der Waals surface area contributed by atoms with Gasteiger partial charge in [0, 0.05) is 15.7 Å². The predicted octanol–water partition coefficient (Wildman–Crippen LogP) is 4.16. The molecule has 0 saturated carbocycles. The molecule has 1 N–H and O–H groups in total. The van der Waals surface area contributed by atoms with E-state index >= 15 is 0 Å². The van der Waals surface area contributed by atoms with Crippen molar-refractivity contribution in [3.63, 3.8) is 0 Å². The Balaban J connectivity index is 2.21. The van der Waals surface area contributed by atoms with E-state index in [0.717, 1.165) is 16.1 Å². The van der Waals surface area contributed by atoms with Crippen LogP contribution >= 0.6 is 15.9 Å². The smallest absolute Gasteiger partial charge is 0.255 e. The number of rotatable bonds is 3. The first kappa shape index (κ1) is 14.5. The van der Waals surface area contributed by atoms with Gasteiger partial charge in [0.1, 0.15) is 0 Å². The maximum Gasteiger partial charge on any atom is 0.255 e. The van der Waals surface area contributed by atoms with Crippen LogP contribution in [-0.2, 0) is 0 Å². The molecule has 3 nitrogen and oxygen atoms in total. The van der Waals surface area contributed by atoms with Crippen molar-refractivity contribution in [1.82, 2.24) is 0 Å². The second kappa shape index (κ2) is 6.05. The molecule has 0 atom stereocenters. The van der Waals surface area contributed by atoms with Crippen LogP contribution in [0.4, 0.5) is 10.1 Å². The normalized spacial score (nSPS) is 10.2. The van der Waals surface area contributed by atoms with Gasteiger partial charge < -0.3 is 10.1 Å². The Labute approximate surface area is 124 Å². The molecule has 0 aliphatic carbocycles. The van der Waals surface area contributed by atoms with Crippen molar-refractivity contribution in [2.45, 2.75) is 6.92 Å². The van der Waals surface area contributed by atoms with Gasteiger partial charge in [-0.1, -0.05) is 15.9 Å². The number of ether oxygens (including phenoxy) is 1. The lowest BCUT2D eigenvalue weighted by atomic mass is 10.1. The van der Waals surface area contributed by atoms with Crippen LogP contribution in [0.5, 0.6) is 5.75 Å². The maximum atomic E-state index is 13.6. The predicted molar refractivity (Wildman–Crippen MR) is 79.8 cm³/mol. The van der Waals surface area contributed by atoms with Crippen molar-refractivity contribution in [3.8, 4) is 5.75 Å². The van der Waals surface area contributed by atoms with Crippen LogP contribution in [-0.4, -0.2) is 13.0 Å². The molecule has 0 aliphatic heterocycles. The highest BCUT2D eigenvalue weighted by molar-refractivity contribution is 9.10. The number of amides is 1. The highest BCUT2D eigenvalue weighted by Crippen LogP contribution is 2.22. The van der Waals surface area contributed by atoms with Gasteiger partial charge in [-0.3, -0.25) is 4.79 Å². The Morgan fingerprint density at radius 2 is 2.00 bits per heavy atom. The molecule has 2 rings (SSSR count). The summed E-state index contributed by atoms with van der Waals surface area (Å²) in [5.74, 6) is -0.814. The van der Waals surface area contributed by atoms with E-state index in [0.29, 0.717) is 5.69 Å². The third kappa shape index (κ3) is 3.17. The molecule has 104 valence electrons. The summed E-state index contributed by atoms with van der Waals surface area (Å²) in [6, 6.07) is 9.62. The fourth-order valence-electron chi connectivity index (χ4n) is 1.77. The third-order valence-electron chi connectivity index (χ3n) is 2.85. The summed E-state index contributed by atoms with van der Waals surface area (Å²) >= 11 is 3.36. The Hall–Kier alpha value is -1.88. The number of carbonyl (C=O) groups excluding carboxylic acids is 1. The molecule has 0 spiro atoms. The zero-order valence-electron chi connectivity index (χ0n) is 11.0. The Morgan fingerprint density at radius 3 is 2.60 bits per heavy atom. The molecule has 0 aromatic heterocycles. The van der Waals surface area contributed by atoms with E-state index in [2.05, 4.69) is 21.2 Å². The molecule has 0 unspecified atom stereocenters. The molecule has 0 radical (unpaired) electrons. The number of hydrogen-bond donors (Lipinski definition) is 1. The van der Waals surface area contributed by atoms with Crippen LogP contribution in [0.2, 0.25) is 0 Å². The maximum absolute atomic E-state index is 13.6. The lowest BCUT2D eigenvalue weighted by Gasteiger charge is -2.09. The number of halogens is 2. The van der Waals surface area contributed by atoms with Gasteiger partial charge in [0.25, 0.3) is 5.91 Å². The topological polar surface area (TPSA) is 38.3 Å². The molecule has 0 aliphatic rings. The van der Waals surface area contributed by atoms with E-state index in [4.69, 9.17) is 4.74 Å². The summed E-state index contributed by atoms with van der Waals surface area (Å²) in [6.45, 7) is 1.88. The second-order valence-corrected chi connectivity index (χ2v) is 5.18. The molecule has 0 bridgehead atoms. The molecule has 1 amide bonds. The summed E-state index contributed by atoms with van der Waals surface area (Å²) in [6.07, 6.45) is 0. The number of anilines is 1. The number of carbonyl (C=O) groups is 1. The molecule has 2 aromatic rings.